The van der Waals surface area contributed by atoms with E-state index in [1.54, 1.807) is 43.6 Å². The predicted molar refractivity (Wildman–Crippen MR) is 108 cm³/mol. The monoisotopic (exact) mass is 390 g/mol. The van der Waals surface area contributed by atoms with Crippen LogP contribution in [0.1, 0.15) is 18.9 Å². The van der Waals surface area contributed by atoms with E-state index in [0.29, 0.717) is 22.8 Å². The zero-order chi connectivity index (χ0) is 20.5. The molecule has 2 aromatic carbocycles. The third-order valence-corrected chi connectivity index (χ3v) is 4.68. The number of amides is 2. The van der Waals surface area contributed by atoms with E-state index >= 15 is 0 Å². The van der Waals surface area contributed by atoms with E-state index in [1.165, 1.54) is 6.92 Å². The Morgan fingerprint density at radius 3 is 2.52 bits per heavy atom. The van der Waals surface area contributed by atoms with Crippen LogP contribution >= 0.6 is 0 Å². The molecule has 7 heteroatoms. The maximum absolute atomic E-state index is 12.9. The first kappa shape index (κ1) is 18.5. The third-order valence-electron chi connectivity index (χ3n) is 4.68. The van der Waals surface area contributed by atoms with Gasteiger partial charge in [-0.25, -0.2) is 4.90 Å². The van der Waals surface area contributed by atoms with Gasteiger partial charge in [0.15, 0.2) is 0 Å². The molecule has 4 rings (SSSR count). The number of hydrogen-bond acceptors (Lipinski definition) is 5. The first-order valence-corrected chi connectivity index (χ1v) is 8.98. The zero-order valence-electron chi connectivity index (χ0n) is 15.9. The van der Waals surface area contributed by atoms with Crippen molar-refractivity contribution in [1.82, 2.24) is 4.98 Å². The fourth-order valence-electron chi connectivity index (χ4n) is 3.33. The molecule has 2 amide bonds. The molecule has 0 bridgehead atoms. The van der Waals surface area contributed by atoms with E-state index < -0.39 is 5.97 Å². The van der Waals surface area contributed by atoms with Crippen LogP contribution in [0.25, 0.3) is 17.0 Å². The van der Waals surface area contributed by atoms with Crippen LogP contribution in [0.15, 0.2) is 54.2 Å². The minimum atomic E-state index is -0.438. The maximum atomic E-state index is 12.9. The van der Waals surface area contributed by atoms with Gasteiger partial charge in [-0.3, -0.25) is 14.4 Å². The highest BCUT2D eigenvalue weighted by Gasteiger charge is 2.35. The summed E-state index contributed by atoms with van der Waals surface area (Å²) >= 11 is 0. The highest BCUT2D eigenvalue weighted by atomic mass is 16.5. The topological polar surface area (TPSA) is 88.7 Å². The lowest BCUT2D eigenvalue weighted by molar-refractivity contribution is -0.132. The number of hydrogen-bond donors (Lipinski definition) is 1. The Bertz CT molecular complexity index is 1160. The van der Waals surface area contributed by atoms with Crippen molar-refractivity contribution in [2.24, 2.45) is 0 Å². The summed E-state index contributed by atoms with van der Waals surface area (Å²) < 4.78 is 10.3. The lowest BCUT2D eigenvalue weighted by Gasteiger charge is -2.13. The molecule has 3 aromatic rings. The van der Waals surface area contributed by atoms with Crippen LogP contribution in [-0.4, -0.2) is 29.9 Å². The van der Waals surface area contributed by atoms with Crippen molar-refractivity contribution in [1.29, 1.82) is 0 Å². The van der Waals surface area contributed by atoms with Crippen molar-refractivity contribution in [3.05, 3.63) is 59.8 Å². The van der Waals surface area contributed by atoms with Gasteiger partial charge in [-0.2, -0.15) is 0 Å². The minimum Gasteiger partial charge on any atom is -0.497 e. The molecular formula is C22H18N2O5. The van der Waals surface area contributed by atoms with E-state index in [1.807, 2.05) is 18.2 Å². The molecule has 0 unspecified atom stereocenters. The number of benzene rings is 2. The number of carbonyl (C=O) groups excluding carboxylic acids is 3. The molecule has 0 aliphatic carbocycles. The predicted octanol–water partition coefficient (Wildman–Crippen LogP) is 3.45. The van der Waals surface area contributed by atoms with Crippen molar-refractivity contribution in [3.63, 3.8) is 0 Å². The smallest absolute Gasteiger partial charge is 0.308 e. The number of fused-ring (bicyclic) bond motifs is 1. The standard InChI is InChI=1S/C22H18N2O5/c1-13(25)29-17-5-3-16(4-6-17)24-21(26)10-14(22(24)27)9-15-12-23-20-8-7-18(28-2)11-19(15)20/h3-9,11-12,23H,10H2,1-2H3. The number of ether oxygens (including phenoxy) is 2. The number of imide groups is 1. The number of H-pyrrole nitrogens is 1. The van der Waals surface area contributed by atoms with Gasteiger partial charge in [-0.15, -0.1) is 0 Å². The first-order chi connectivity index (χ1) is 14.0. The molecule has 0 spiro atoms. The van der Waals surface area contributed by atoms with Crippen LogP contribution in [0, 0.1) is 0 Å². The van der Waals surface area contributed by atoms with Crippen LogP contribution in [-0.2, 0) is 14.4 Å². The van der Waals surface area contributed by atoms with Gasteiger partial charge in [0.25, 0.3) is 5.91 Å². The minimum absolute atomic E-state index is 0.0151. The van der Waals surface area contributed by atoms with E-state index in [2.05, 4.69) is 4.98 Å². The number of aromatic amines is 1. The second-order valence-corrected chi connectivity index (χ2v) is 6.62. The summed E-state index contributed by atoms with van der Waals surface area (Å²) in [7, 11) is 1.59. The van der Waals surface area contributed by atoms with Crippen LogP contribution in [0.2, 0.25) is 0 Å². The molecule has 1 saturated heterocycles. The molecule has 0 radical (unpaired) electrons. The normalized spacial score (nSPS) is 15.4. The van der Waals surface area contributed by atoms with Gasteiger partial charge >= 0.3 is 5.97 Å². The Labute approximate surface area is 166 Å². The molecule has 0 atom stereocenters. The van der Waals surface area contributed by atoms with Gasteiger partial charge in [0.05, 0.1) is 19.2 Å². The van der Waals surface area contributed by atoms with Gasteiger partial charge in [0, 0.05) is 35.2 Å². The van der Waals surface area contributed by atoms with Crippen molar-refractivity contribution >= 4 is 40.4 Å². The molecular weight excluding hydrogens is 372 g/mol. The van der Waals surface area contributed by atoms with E-state index in [4.69, 9.17) is 9.47 Å². The molecule has 1 fully saturated rings. The number of methoxy groups -OCH3 is 1. The zero-order valence-corrected chi connectivity index (χ0v) is 15.9. The lowest BCUT2D eigenvalue weighted by Crippen LogP contribution is -2.28. The Kier molecular flexibility index (Phi) is 4.64. The number of carbonyl (C=O) groups is 3. The molecule has 0 saturated carbocycles. The van der Waals surface area contributed by atoms with Crippen molar-refractivity contribution in [3.8, 4) is 11.5 Å². The molecule has 7 nitrogen and oxygen atoms in total. The second kappa shape index (κ2) is 7.27. The highest BCUT2D eigenvalue weighted by Crippen LogP contribution is 2.31. The lowest BCUT2D eigenvalue weighted by atomic mass is 10.1. The van der Waals surface area contributed by atoms with Gasteiger partial charge in [0.1, 0.15) is 11.5 Å². The van der Waals surface area contributed by atoms with Gasteiger partial charge in [-0.1, -0.05) is 0 Å². The molecule has 29 heavy (non-hydrogen) atoms. The van der Waals surface area contributed by atoms with Crippen LogP contribution < -0.4 is 14.4 Å². The largest absolute Gasteiger partial charge is 0.497 e. The summed E-state index contributed by atoms with van der Waals surface area (Å²) in [4.78, 5) is 40.7. The number of rotatable bonds is 4. The fraction of sp³-hybridized carbons (Fsp3) is 0.136. The summed E-state index contributed by atoms with van der Waals surface area (Å²) in [6.07, 6.45) is 3.54. The average molecular weight is 390 g/mol. The molecule has 2 heterocycles. The number of esters is 1. The second-order valence-electron chi connectivity index (χ2n) is 6.62. The molecule has 1 aliphatic heterocycles. The summed E-state index contributed by atoms with van der Waals surface area (Å²) in [5, 5.41) is 0.904. The highest BCUT2D eigenvalue weighted by molar-refractivity contribution is 6.29. The van der Waals surface area contributed by atoms with Crippen LogP contribution in [0.5, 0.6) is 11.5 Å². The van der Waals surface area contributed by atoms with Crippen molar-refractivity contribution in [2.45, 2.75) is 13.3 Å². The number of aromatic nitrogens is 1. The van der Waals surface area contributed by atoms with E-state index in [9.17, 15) is 14.4 Å². The van der Waals surface area contributed by atoms with Crippen LogP contribution in [0.3, 0.4) is 0 Å². The number of anilines is 1. The summed E-state index contributed by atoms with van der Waals surface area (Å²) in [6, 6.07) is 11.9. The fourth-order valence-corrected chi connectivity index (χ4v) is 3.33. The molecule has 146 valence electrons. The summed E-state index contributed by atoms with van der Waals surface area (Å²) in [5.74, 6) is -0.0537. The Morgan fingerprint density at radius 1 is 1.10 bits per heavy atom. The SMILES string of the molecule is COc1ccc2[nH]cc(C=C3CC(=O)N(c4ccc(OC(C)=O)cc4)C3=O)c2c1. The molecule has 1 aliphatic rings. The van der Waals surface area contributed by atoms with Gasteiger partial charge in [-0.05, 0) is 48.5 Å². The summed E-state index contributed by atoms with van der Waals surface area (Å²) in [6.45, 7) is 1.30. The first-order valence-electron chi connectivity index (χ1n) is 8.98. The van der Waals surface area contributed by atoms with Crippen molar-refractivity contribution in [2.75, 3.05) is 12.0 Å². The van der Waals surface area contributed by atoms with E-state index in [0.717, 1.165) is 21.4 Å². The number of nitrogens with one attached hydrogen (secondary N) is 1. The molecule has 1 N–H and O–H groups in total. The molecule has 1 aromatic heterocycles. The number of nitrogens with zero attached hydrogens (tertiary/aromatic N) is 1. The Morgan fingerprint density at radius 2 is 1.83 bits per heavy atom. The summed E-state index contributed by atoms with van der Waals surface area (Å²) in [5.41, 5.74) is 2.55. The Hall–Kier alpha value is -3.87. The quantitative estimate of drug-likeness (QED) is 0.319. The van der Waals surface area contributed by atoms with Gasteiger partial charge < -0.3 is 14.5 Å². The van der Waals surface area contributed by atoms with Gasteiger partial charge in [0.2, 0.25) is 5.91 Å². The van der Waals surface area contributed by atoms with Crippen molar-refractivity contribution < 1.29 is 23.9 Å². The van der Waals surface area contributed by atoms with E-state index in [-0.39, 0.29) is 18.2 Å². The Balaban J connectivity index is 1.64. The third kappa shape index (κ3) is 3.50. The van der Waals surface area contributed by atoms with Crippen LogP contribution in [0.4, 0.5) is 5.69 Å². The maximum Gasteiger partial charge on any atom is 0.308 e. The average Bonchev–Trinajstić information content (AvgIpc) is 3.22.